The maximum absolute atomic E-state index is 11.7. The van der Waals surface area contributed by atoms with Crippen molar-refractivity contribution in [2.24, 2.45) is 0 Å². The molecule has 14 heavy (non-hydrogen) atoms. The van der Waals surface area contributed by atoms with Crippen molar-refractivity contribution in [3.8, 4) is 0 Å². The molecule has 0 heterocycles. The highest BCUT2D eigenvalue weighted by molar-refractivity contribution is 6.56. The van der Waals surface area contributed by atoms with Gasteiger partial charge < -0.3 is 9.47 Å². The predicted octanol–water partition coefficient (Wildman–Crippen LogP) is 1.90. The second kappa shape index (κ2) is 7.19. The van der Waals surface area contributed by atoms with Gasteiger partial charge in [0.1, 0.15) is 19.1 Å². The average molecular weight is 234 g/mol. The van der Waals surface area contributed by atoms with Crippen molar-refractivity contribution in [3.05, 3.63) is 0 Å². The molecular formula is C7H14F4O2Si. The number of ether oxygens (including phenoxy) is 2. The monoisotopic (exact) mass is 234 g/mol. The summed E-state index contributed by atoms with van der Waals surface area (Å²) in [5.74, 6) is -0.863. The van der Waals surface area contributed by atoms with Crippen LogP contribution in [0.15, 0.2) is 0 Å². The van der Waals surface area contributed by atoms with Crippen molar-refractivity contribution in [2.75, 3.05) is 13.2 Å². The minimum atomic E-state index is -2.60. The molecule has 0 rings (SSSR count). The topological polar surface area (TPSA) is 18.5 Å². The molecule has 0 atom stereocenters. The number of hydrogen-bond acceptors (Lipinski definition) is 2. The number of alkyl halides is 4. The molecule has 2 nitrogen and oxygen atoms in total. The SMILES string of the molecule is C[SiH](C)C(OCC(F)F)OCC(F)F. The minimum Gasteiger partial charge on any atom is -0.351 e. The summed E-state index contributed by atoms with van der Waals surface area (Å²) in [6, 6.07) is 0. The molecule has 0 saturated carbocycles. The van der Waals surface area contributed by atoms with E-state index in [1.54, 1.807) is 13.1 Å². The first-order chi connectivity index (χ1) is 6.43. The molecule has 0 unspecified atom stereocenters. The Morgan fingerprint density at radius 3 is 1.50 bits per heavy atom. The second-order valence-corrected chi connectivity index (χ2v) is 6.09. The molecule has 0 spiro atoms. The van der Waals surface area contributed by atoms with Gasteiger partial charge in [-0.2, -0.15) is 0 Å². The highest BCUT2D eigenvalue weighted by atomic mass is 28.3. The van der Waals surface area contributed by atoms with Crippen LogP contribution in [0.25, 0.3) is 0 Å². The van der Waals surface area contributed by atoms with Crippen molar-refractivity contribution in [1.29, 1.82) is 0 Å². The number of rotatable bonds is 7. The Bertz CT molecular complexity index is 134. The zero-order chi connectivity index (χ0) is 11.1. The zero-order valence-electron chi connectivity index (χ0n) is 8.05. The van der Waals surface area contributed by atoms with E-state index in [0.717, 1.165) is 0 Å². The van der Waals surface area contributed by atoms with Crippen LogP contribution in [0.4, 0.5) is 17.6 Å². The lowest BCUT2D eigenvalue weighted by Crippen LogP contribution is -2.34. The van der Waals surface area contributed by atoms with E-state index < -0.39 is 40.8 Å². The van der Waals surface area contributed by atoms with Gasteiger partial charge in [0.15, 0.2) is 0 Å². The molecular weight excluding hydrogens is 220 g/mol. The summed E-state index contributed by atoms with van der Waals surface area (Å²) in [6.45, 7) is 2.03. The van der Waals surface area contributed by atoms with Gasteiger partial charge in [0.05, 0.1) is 8.80 Å². The Hall–Kier alpha value is -0.143. The van der Waals surface area contributed by atoms with E-state index in [4.69, 9.17) is 0 Å². The Morgan fingerprint density at radius 1 is 0.929 bits per heavy atom. The lowest BCUT2D eigenvalue weighted by Gasteiger charge is -2.20. The van der Waals surface area contributed by atoms with Crippen molar-refractivity contribution in [3.63, 3.8) is 0 Å². The second-order valence-electron chi connectivity index (χ2n) is 3.06. The highest BCUT2D eigenvalue weighted by Gasteiger charge is 2.19. The van der Waals surface area contributed by atoms with Gasteiger partial charge in [0, 0.05) is 0 Å². The Morgan fingerprint density at radius 2 is 1.29 bits per heavy atom. The molecule has 0 saturated heterocycles. The van der Waals surface area contributed by atoms with Gasteiger partial charge in [-0.05, 0) is 0 Å². The largest absolute Gasteiger partial charge is 0.351 e. The fraction of sp³-hybridized carbons (Fsp3) is 1.00. The van der Waals surface area contributed by atoms with Gasteiger partial charge >= 0.3 is 0 Å². The van der Waals surface area contributed by atoms with Crippen LogP contribution >= 0.6 is 0 Å². The molecule has 0 fully saturated rings. The summed E-state index contributed by atoms with van der Waals surface area (Å²) in [4.78, 5) is 0. The van der Waals surface area contributed by atoms with Crippen molar-refractivity contribution in [1.82, 2.24) is 0 Å². The molecule has 0 N–H and O–H groups in total. The Labute approximate surface area is 81.8 Å². The standard InChI is InChI=1S/C7H14F4O2Si/c1-14(2)7(12-3-5(8)9)13-4-6(10)11/h5-7,14H,3-4H2,1-2H3. The molecule has 7 heteroatoms. The van der Waals surface area contributed by atoms with Gasteiger partial charge in [-0.3, -0.25) is 0 Å². The number of halogens is 4. The smallest absolute Gasteiger partial charge is 0.261 e. The third-order valence-corrected chi connectivity index (χ3v) is 2.79. The van der Waals surface area contributed by atoms with Crippen LogP contribution in [0.5, 0.6) is 0 Å². The van der Waals surface area contributed by atoms with Crippen molar-refractivity contribution in [2.45, 2.75) is 31.9 Å². The van der Waals surface area contributed by atoms with Crippen molar-refractivity contribution < 1.29 is 27.0 Å². The van der Waals surface area contributed by atoms with Gasteiger partial charge in [0.25, 0.3) is 12.9 Å². The zero-order valence-corrected chi connectivity index (χ0v) is 9.21. The van der Waals surface area contributed by atoms with Gasteiger partial charge in [-0.25, -0.2) is 17.6 Å². The first-order valence-corrected chi connectivity index (χ1v) is 7.20. The maximum atomic E-state index is 11.7. The van der Waals surface area contributed by atoms with Gasteiger partial charge in [-0.1, -0.05) is 13.1 Å². The summed E-state index contributed by atoms with van der Waals surface area (Å²) in [5.41, 5.74) is 0. The summed E-state index contributed by atoms with van der Waals surface area (Å²) in [6.07, 6.45) is -5.19. The molecule has 0 aromatic heterocycles. The molecule has 0 amide bonds. The quantitative estimate of drug-likeness (QED) is 0.380. The Kier molecular flexibility index (Phi) is 7.12. The molecule has 86 valence electrons. The van der Waals surface area contributed by atoms with Crippen LogP contribution in [0, 0.1) is 0 Å². The molecule has 0 aromatic rings. The molecule has 0 bridgehead atoms. The minimum absolute atomic E-state index is 0.765. The third kappa shape index (κ3) is 7.28. The first kappa shape index (κ1) is 13.9. The van der Waals surface area contributed by atoms with Gasteiger partial charge in [0.2, 0.25) is 0 Å². The lowest BCUT2D eigenvalue weighted by atomic mass is 10.8. The van der Waals surface area contributed by atoms with E-state index in [9.17, 15) is 17.6 Å². The third-order valence-electron chi connectivity index (χ3n) is 1.32. The van der Waals surface area contributed by atoms with Crippen LogP contribution in [-0.4, -0.2) is 40.8 Å². The fourth-order valence-electron chi connectivity index (χ4n) is 0.768. The van der Waals surface area contributed by atoms with Crippen molar-refractivity contribution >= 4 is 8.80 Å². The van der Waals surface area contributed by atoms with Crippen LogP contribution < -0.4 is 0 Å². The van der Waals surface area contributed by atoms with Crippen LogP contribution in [0.1, 0.15) is 0 Å². The van der Waals surface area contributed by atoms with E-state index in [0.29, 0.717) is 0 Å². The first-order valence-electron chi connectivity index (χ1n) is 4.23. The van der Waals surface area contributed by atoms with Crippen LogP contribution in [0.3, 0.4) is 0 Å². The van der Waals surface area contributed by atoms with E-state index >= 15 is 0 Å². The molecule has 0 aliphatic carbocycles. The van der Waals surface area contributed by atoms with E-state index in [2.05, 4.69) is 9.47 Å². The highest BCUT2D eigenvalue weighted by Crippen LogP contribution is 2.06. The van der Waals surface area contributed by atoms with E-state index in [1.807, 2.05) is 0 Å². The molecule has 0 aliphatic rings. The summed E-state index contributed by atoms with van der Waals surface area (Å²) in [7, 11) is -1.51. The normalized spacial score (nSPS) is 12.4. The fourth-order valence-corrected chi connectivity index (χ4v) is 1.76. The average Bonchev–Trinajstić information content (AvgIpc) is 2.02. The summed E-state index contributed by atoms with van der Waals surface area (Å²) in [5, 5.41) is 0. The van der Waals surface area contributed by atoms with Gasteiger partial charge in [-0.15, -0.1) is 0 Å². The maximum Gasteiger partial charge on any atom is 0.261 e. The van der Waals surface area contributed by atoms with Crippen LogP contribution in [0.2, 0.25) is 13.1 Å². The summed E-state index contributed by atoms with van der Waals surface area (Å²) < 4.78 is 56.3. The molecule has 0 aromatic carbocycles. The molecule has 0 aliphatic heterocycles. The summed E-state index contributed by atoms with van der Waals surface area (Å²) >= 11 is 0. The molecule has 0 radical (unpaired) electrons. The number of hydrogen-bond donors (Lipinski definition) is 0. The van der Waals surface area contributed by atoms with E-state index in [1.165, 1.54) is 0 Å². The Balaban J connectivity index is 3.78. The van der Waals surface area contributed by atoms with Crippen LogP contribution in [-0.2, 0) is 9.47 Å². The predicted molar refractivity (Wildman–Crippen MR) is 46.6 cm³/mol. The van der Waals surface area contributed by atoms with E-state index in [-0.39, 0.29) is 0 Å². The lowest BCUT2D eigenvalue weighted by molar-refractivity contribution is -0.137.